The van der Waals surface area contributed by atoms with Crippen LogP contribution in [-0.2, 0) is 0 Å². The quantitative estimate of drug-likeness (QED) is 0.744. The predicted molar refractivity (Wildman–Crippen MR) is 74.7 cm³/mol. The summed E-state index contributed by atoms with van der Waals surface area (Å²) in [5, 5.41) is 0. The molecular weight excluding hydrogens is 315 g/mol. The van der Waals surface area contributed by atoms with Gasteiger partial charge in [-0.3, -0.25) is 4.79 Å². The highest BCUT2D eigenvalue weighted by Crippen LogP contribution is 2.34. The van der Waals surface area contributed by atoms with Crippen molar-refractivity contribution >= 4 is 33.5 Å². The lowest BCUT2D eigenvalue weighted by atomic mass is 10.2. The lowest BCUT2D eigenvalue weighted by Crippen LogP contribution is -1.91. The molecule has 4 heteroatoms. The van der Waals surface area contributed by atoms with Gasteiger partial charge < -0.3 is 0 Å². The summed E-state index contributed by atoms with van der Waals surface area (Å²) in [5.74, 6) is -0.209. The van der Waals surface area contributed by atoms with E-state index in [4.69, 9.17) is 0 Å². The first-order valence-corrected chi connectivity index (χ1v) is 6.91. The second kappa shape index (κ2) is 5.67. The number of hydrogen-bond donors (Lipinski definition) is 0. The lowest BCUT2D eigenvalue weighted by molar-refractivity contribution is 0.101. The molecule has 0 saturated carbocycles. The van der Waals surface area contributed by atoms with Crippen LogP contribution >= 0.6 is 27.7 Å². The number of halogens is 2. The summed E-state index contributed by atoms with van der Waals surface area (Å²) in [6.45, 7) is 1.54. The topological polar surface area (TPSA) is 17.1 Å². The van der Waals surface area contributed by atoms with Crippen LogP contribution in [0.3, 0.4) is 0 Å². The molecule has 0 aliphatic heterocycles. The van der Waals surface area contributed by atoms with Crippen molar-refractivity contribution in [1.82, 2.24) is 0 Å². The van der Waals surface area contributed by atoms with E-state index in [-0.39, 0.29) is 11.6 Å². The highest BCUT2D eigenvalue weighted by atomic mass is 79.9. The van der Waals surface area contributed by atoms with Crippen molar-refractivity contribution < 1.29 is 9.18 Å². The van der Waals surface area contributed by atoms with Gasteiger partial charge in [0.25, 0.3) is 0 Å². The van der Waals surface area contributed by atoms with Crippen LogP contribution in [0.4, 0.5) is 4.39 Å². The predicted octanol–water partition coefficient (Wildman–Crippen LogP) is 4.94. The number of benzene rings is 2. The zero-order chi connectivity index (χ0) is 13.1. The van der Waals surface area contributed by atoms with Gasteiger partial charge in [0.05, 0.1) is 0 Å². The van der Waals surface area contributed by atoms with Crippen LogP contribution in [0.25, 0.3) is 0 Å². The highest BCUT2D eigenvalue weighted by molar-refractivity contribution is 9.10. The molecule has 0 bridgehead atoms. The minimum absolute atomic E-state index is 0.0361. The van der Waals surface area contributed by atoms with Gasteiger partial charge in [0.1, 0.15) is 5.82 Å². The van der Waals surface area contributed by atoms with E-state index in [1.165, 1.54) is 30.8 Å². The largest absolute Gasteiger partial charge is 0.295 e. The van der Waals surface area contributed by atoms with Gasteiger partial charge in [0, 0.05) is 19.8 Å². The molecule has 2 aromatic carbocycles. The molecule has 0 fully saturated rings. The molecule has 0 aromatic heterocycles. The number of Topliss-reactive ketones (excluding diaryl/α,β-unsaturated/α-hetero) is 1. The van der Waals surface area contributed by atoms with Gasteiger partial charge in [0.2, 0.25) is 0 Å². The molecule has 0 aliphatic carbocycles. The minimum Gasteiger partial charge on any atom is -0.295 e. The van der Waals surface area contributed by atoms with E-state index < -0.39 is 0 Å². The molecule has 2 rings (SSSR count). The van der Waals surface area contributed by atoms with Crippen molar-refractivity contribution in [3.8, 4) is 0 Å². The molecule has 92 valence electrons. The van der Waals surface area contributed by atoms with Crippen molar-refractivity contribution in [2.24, 2.45) is 0 Å². The Kier molecular flexibility index (Phi) is 4.19. The summed E-state index contributed by atoms with van der Waals surface area (Å²) in [4.78, 5) is 13.2. The zero-order valence-electron chi connectivity index (χ0n) is 9.61. The number of carbonyl (C=O) groups excluding carboxylic acids is 1. The molecule has 0 saturated heterocycles. The van der Waals surface area contributed by atoms with Crippen LogP contribution < -0.4 is 0 Å². The first kappa shape index (κ1) is 13.3. The highest BCUT2D eigenvalue weighted by Gasteiger charge is 2.06. The molecule has 1 nitrogen and oxygen atoms in total. The maximum absolute atomic E-state index is 12.8. The van der Waals surface area contributed by atoms with Crippen LogP contribution in [0.15, 0.2) is 56.7 Å². The number of carbonyl (C=O) groups is 1. The van der Waals surface area contributed by atoms with Crippen LogP contribution in [0.1, 0.15) is 17.3 Å². The van der Waals surface area contributed by atoms with E-state index in [0.29, 0.717) is 5.56 Å². The molecule has 0 heterocycles. The first-order chi connectivity index (χ1) is 8.56. The first-order valence-electron chi connectivity index (χ1n) is 5.30. The van der Waals surface area contributed by atoms with Gasteiger partial charge in [-0.25, -0.2) is 4.39 Å². The fourth-order valence-corrected chi connectivity index (χ4v) is 2.87. The Labute approximate surface area is 118 Å². The van der Waals surface area contributed by atoms with Crippen LogP contribution in [-0.4, -0.2) is 5.78 Å². The van der Waals surface area contributed by atoms with Gasteiger partial charge in [-0.05, 0) is 59.3 Å². The van der Waals surface area contributed by atoms with E-state index in [1.807, 2.05) is 6.07 Å². The summed E-state index contributed by atoms with van der Waals surface area (Å²) < 4.78 is 13.7. The van der Waals surface area contributed by atoms with Gasteiger partial charge in [-0.15, -0.1) is 0 Å². The molecule has 0 amide bonds. The van der Waals surface area contributed by atoms with E-state index in [0.717, 1.165) is 14.3 Å². The number of ketones is 1. The Morgan fingerprint density at radius 1 is 1.17 bits per heavy atom. The molecule has 18 heavy (non-hydrogen) atoms. The molecule has 0 radical (unpaired) electrons. The van der Waals surface area contributed by atoms with E-state index in [2.05, 4.69) is 15.9 Å². The third-order valence-corrected chi connectivity index (χ3v) is 4.38. The fourth-order valence-electron chi connectivity index (χ4n) is 1.43. The summed E-state index contributed by atoms with van der Waals surface area (Å²) >= 11 is 4.96. The van der Waals surface area contributed by atoms with Crippen LogP contribution in [0, 0.1) is 5.82 Å². The van der Waals surface area contributed by atoms with Crippen LogP contribution in [0.5, 0.6) is 0 Å². The Hall–Kier alpha value is -1.13. The van der Waals surface area contributed by atoms with Crippen molar-refractivity contribution in [3.05, 3.63) is 58.3 Å². The fraction of sp³-hybridized carbons (Fsp3) is 0.0714. The molecular formula is C14H10BrFOS. The third kappa shape index (κ3) is 3.21. The van der Waals surface area contributed by atoms with Gasteiger partial charge in [0.15, 0.2) is 5.78 Å². The number of hydrogen-bond acceptors (Lipinski definition) is 2. The van der Waals surface area contributed by atoms with Gasteiger partial charge in [-0.2, -0.15) is 0 Å². The summed E-state index contributed by atoms with van der Waals surface area (Å²) in [6, 6.07) is 11.8. The summed E-state index contributed by atoms with van der Waals surface area (Å²) in [5.41, 5.74) is 0.672. The Morgan fingerprint density at radius 2 is 1.83 bits per heavy atom. The SMILES string of the molecule is CC(=O)c1ccc(Sc2ccc(F)cc2)c(Br)c1. The number of rotatable bonds is 3. The van der Waals surface area contributed by atoms with Crippen LogP contribution in [0.2, 0.25) is 0 Å². The second-order valence-electron chi connectivity index (χ2n) is 3.76. The smallest absolute Gasteiger partial charge is 0.159 e. The summed E-state index contributed by atoms with van der Waals surface area (Å²) in [6.07, 6.45) is 0. The van der Waals surface area contributed by atoms with Gasteiger partial charge in [-0.1, -0.05) is 17.8 Å². The molecule has 0 N–H and O–H groups in total. The lowest BCUT2D eigenvalue weighted by Gasteiger charge is -2.05. The molecule has 0 unspecified atom stereocenters. The average Bonchev–Trinajstić information content (AvgIpc) is 2.34. The Bertz CT molecular complexity index is 581. The van der Waals surface area contributed by atoms with E-state index in [9.17, 15) is 9.18 Å². The van der Waals surface area contributed by atoms with Gasteiger partial charge >= 0.3 is 0 Å². The Morgan fingerprint density at radius 3 is 2.39 bits per heavy atom. The van der Waals surface area contributed by atoms with Crippen molar-refractivity contribution in [2.45, 2.75) is 16.7 Å². The third-order valence-electron chi connectivity index (χ3n) is 2.38. The standard InChI is InChI=1S/C14H10BrFOS/c1-9(17)10-2-7-14(13(15)8-10)18-12-5-3-11(16)4-6-12/h2-8H,1H3. The second-order valence-corrected chi connectivity index (χ2v) is 5.73. The molecule has 0 spiro atoms. The molecule has 2 aromatic rings. The van der Waals surface area contributed by atoms with Crippen molar-refractivity contribution in [2.75, 3.05) is 0 Å². The van der Waals surface area contributed by atoms with Crippen molar-refractivity contribution in [3.63, 3.8) is 0 Å². The van der Waals surface area contributed by atoms with Crippen molar-refractivity contribution in [1.29, 1.82) is 0 Å². The van der Waals surface area contributed by atoms with E-state index >= 15 is 0 Å². The van der Waals surface area contributed by atoms with E-state index in [1.54, 1.807) is 24.3 Å². The maximum Gasteiger partial charge on any atom is 0.159 e. The summed E-state index contributed by atoms with van der Waals surface area (Å²) in [7, 11) is 0. The molecule has 0 atom stereocenters. The Balaban J connectivity index is 2.24. The molecule has 0 aliphatic rings. The monoisotopic (exact) mass is 324 g/mol. The maximum atomic E-state index is 12.8. The normalized spacial score (nSPS) is 10.4. The zero-order valence-corrected chi connectivity index (χ0v) is 12.0. The average molecular weight is 325 g/mol. The minimum atomic E-state index is -0.245.